The van der Waals surface area contributed by atoms with Crippen LogP contribution in [0.4, 0.5) is 23.7 Å². The molecule has 7 nitrogen and oxygen atoms in total. The normalized spacial score (nSPS) is 11.3. The number of aromatic nitrogens is 3. The molecule has 0 radical (unpaired) electrons. The summed E-state index contributed by atoms with van der Waals surface area (Å²) >= 11 is 1.07. The van der Waals surface area contributed by atoms with Crippen molar-refractivity contribution in [2.24, 2.45) is 0 Å². The van der Waals surface area contributed by atoms with Crippen molar-refractivity contribution in [3.05, 3.63) is 65.6 Å². The number of carbonyl (C=O) groups is 2. The van der Waals surface area contributed by atoms with Gasteiger partial charge in [-0.1, -0.05) is 0 Å². The number of thioether (sulfide) groups is 1. The van der Waals surface area contributed by atoms with Gasteiger partial charge in [0.1, 0.15) is 0 Å². The third kappa shape index (κ3) is 5.23. The van der Waals surface area contributed by atoms with Gasteiger partial charge in [0.15, 0.2) is 5.82 Å². The molecule has 0 aliphatic rings. The Hall–Kier alpha value is -3.34. The van der Waals surface area contributed by atoms with Gasteiger partial charge in [-0.05, 0) is 55.1 Å². The molecule has 3 rings (SSSR count). The first kappa shape index (κ1) is 22.3. The quantitative estimate of drug-likeness (QED) is 0.588. The molecule has 3 aromatic rings. The summed E-state index contributed by atoms with van der Waals surface area (Å²) in [5.74, 6) is -0.267. The lowest BCUT2D eigenvalue weighted by Gasteiger charge is -2.10. The van der Waals surface area contributed by atoms with E-state index in [-0.39, 0.29) is 16.6 Å². The molecule has 0 bridgehead atoms. The first-order chi connectivity index (χ1) is 14.6. The highest BCUT2D eigenvalue weighted by Crippen LogP contribution is 2.29. The summed E-state index contributed by atoms with van der Waals surface area (Å²) in [6.07, 6.45) is -2.44. The molecular formula is C20H18F3N5O2S. The average Bonchev–Trinajstić information content (AvgIpc) is 3.10. The van der Waals surface area contributed by atoms with Crippen molar-refractivity contribution in [1.82, 2.24) is 19.7 Å². The fourth-order valence-corrected chi connectivity index (χ4v) is 3.20. The molecule has 2 heterocycles. The second-order valence-corrected chi connectivity index (χ2v) is 7.72. The molecule has 0 saturated heterocycles. The van der Waals surface area contributed by atoms with Crippen LogP contribution in [0.15, 0.2) is 53.7 Å². The number of nitrogens with one attached hydrogen (secondary N) is 1. The van der Waals surface area contributed by atoms with Crippen molar-refractivity contribution < 1.29 is 22.8 Å². The molecule has 2 aromatic heterocycles. The van der Waals surface area contributed by atoms with E-state index >= 15 is 0 Å². The number of pyridine rings is 1. The topological polar surface area (TPSA) is 80.1 Å². The number of halogens is 3. The molecule has 0 saturated carbocycles. The Labute approximate surface area is 180 Å². The maximum absolute atomic E-state index is 12.7. The summed E-state index contributed by atoms with van der Waals surface area (Å²) in [5, 5.41) is 6.69. The second kappa shape index (κ2) is 8.80. The molecule has 0 fully saturated rings. The summed E-state index contributed by atoms with van der Waals surface area (Å²) < 4.78 is 39.4. The van der Waals surface area contributed by atoms with Crippen LogP contribution in [0.5, 0.6) is 0 Å². The van der Waals surface area contributed by atoms with E-state index in [1.165, 1.54) is 21.8 Å². The molecule has 31 heavy (non-hydrogen) atoms. The van der Waals surface area contributed by atoms with Gasteiger partial charge in [-0.2, -0.15) is 18.3 Å². The van der Waals surface area contributed by atoms with Gasteiger partial charge in [-0.3, -0.25) is 9.59 Å². The van der Waals surface area contributed by atoms with Crippen LogP contribution in [0.3, 0.4) is 0 Å². The van der Waals surface area contributed by atoms with E-state index in [9.17, 15) is 22.8 Å². The van der Waals surface area contributed by atoms with Crippen LogP contribution in [-0.4, -0.2) is 44.9 Å². The van der Waals surface area contributed by atoms with Gasteiger partial charge in [0.05, 0.1) is 23.0 Å². The van der Waals surface area contributed by atoms with E-state index in [0.717, 1.165) is 28.9 Å². The van der Waals surface area contributed by atoms with Gasteiger partial charge >= 0.3 is 6.18 Å². The minimum Gasteiger partial charge on any atom is -0.339 e. The third-order valence-corrected chi connectivity index (χ3v) is 5.28. The van der Waals surface area contributed by atoms with Crippen LogP contribution in [-0.2, 0) is 6.18 Å². The predicted octanol–water partition coefficient (Wildman–Crippen LogP) is 4.62. The number of alkyl halides is 3. The van der Waals surface area contributed by atoms with Gasteiger partial charge < -0.3 is 10.2 Å². The SMILES string of the molecule is Cc1c(C(=O)Nc2ccc(SC(=O)N(C)C)cc2)cnn1-c1ccc(C(F)(F)F)cn1. The average molecular weight is 449 g/mol. The summed E-state index contributed by atoms with van der Waals surface area (Å²) in [6, 6.07) is 8.86. The Morgan fingerprint density at radius 2 is 1.74 bits per heavy atom. The number of hydrogen-bond donors (Lipinski definition) is 1. The Bertz CT molecular complexity index is 1090. The molecule has 0 atom stereocenters. The van der Waals surface area contributed by atoms with E-state index in [0.29, 0.717) is 11.4 Å². The van der Waals surface area contributed by atoms with Crippen LogP contribution < -0.4 is 5.32 Å². The minimum absolute atomic E-state index is 0.114. The highest BCUT2D eigenvalue weighted by atomic mass is 32.2. The molecule has 1 N–H and O–H groups in total. The van der Waals surface area contributed by atoms with Gasteiger partial charge in [0, 0.05) is 30.9 Å². The van der Waals surface area contributed by atoms with Crippen molar-refractivity contribution in [2.75, 3.05) is 19.4 Å². The summed E-state index contributed by atoms with van der Waals surface area (Å²) in [4.78, 5) is 30.3. The van der Waals surface area contributed by atoms with Gasteiger partial charge in [0.25, 0.3) is 11.1 Å². The molecule has 2 amide bonds. The van der Waals surface area contributed by atoms with Crippen LogP contribution in [0.25, 0.3) is 5.82 Å². The van der Waals surface area contributed by atoms with E-state index < -0.39 is 17.6 Å². The molecule has 0 aliphatic carbocycles. The van der Waals surface area contributed by atoms with Crippen molar-refractivity contribution in [2.45, 2.75) is 18.0 Å². The van der Waals surface area contributed by atoms with Crippen LogP contribution >= 0.6 is 11.8 Å². The number of benzene rings is 1. The zero-order chi connectivity index (χ0) is 22.8. The number of amides is 2. The number of hydrogen-bond acceptors (Lipinski definition) is 5. The monoisotopic (exact) mass is 449 g/mol. The number of nitrogens with zero attached hydrogens (tertiary/aromatic N) is 4. The van der Waals surface area contributed by atoms with E-state index in [4.69, 9.17) is 0 Å². The van der Waals surface area contributed by atoms with Crippen LogP contribution in [0, 0.1) is 6.92 Å². The van der Waals surface area contributed by atoms with Gasteiger partial charge in [0.2, 0.25) is 0 Å². The van der Waals surface area contributed by atoms with Gasteiger partial charge in [-0.25, -0.2) is 9.67 Å². The zero-order valence-corrected chi connectivity index (χ0v) is 17.6. The Kier molecular flexibility index (Phi) is 6.34. The number of carbonyl (C=O) groups excluding carboxylic acids is 2. The fourth-order valence-electron chi connectivity index (χ4n) is 2.54. The minimum atomic E-state index is -4.48. The van der Waals surface area contributed by atoms with Crippen molar-refractivity contribution in [3.63, 3.8) is 0 Å². The van der Waals surface area contributed by atoms with E-state index in [1.807, 2.05) is 0 Å². The van der Waals surface area contributed by atoms with E-state index in [2.05, 4.69) is 15.4 Å². The maximum atomic E-state index is 12.7. The molecular weight excluding hydrogens is 431 g/mol. The lowest BCUT2D eigenvalue weighted by Crippen LogP contribution is -2.16. The third-order valence-electron chi connectivity index (χ3n) is 4.23. The fraction of sp³-hybridized carbons (Fsp3) is 0.200. The first-order valence-electron chi connectivity index (χ1n) is 8.95. The lowest BCUT2D eigenvalue weighted by atomic mass is 10.2. The number of rotatable bonds is 4. The maximum Gasteiger partial charge on any atom is 0.417 e. The zero-order valence-electron chi connectivity index (χ0n) is 16.8. The summed E-state index contributed by atoms with van der Waals surface area (Å²) in [6.45, 7) is 1.62. The summed E-state index contributed by atoms with van der Waals surface area (Å²) in [7, 11) is 3.32. The molecule has 162 valence electrons. The smallest absolute Gasteiger partial charge is 0.339 e. The van der Waals surface area contributed by atoms with Crippen LogP contribution in [0.2, 0.25) is 0 Å². The lowest BCUT2D eigenvalue weighted by molar-refractivity contribution is -0.137. The summed E-state index contributed by atoms with van der Waals surface area (Å²) in [5.41, 5.74) is 0.329. The second-order valence-electron chi connectivity index (χ2n) is 6.70. The molecule has 1 aromatic carbocycles. The van der Waals surface area contributed by atoms with Crippen LogP contribution in [0.1, 0.15) is 21.6 Å². The Morgan fingerprint density at radius 3 is 2.29 bits per heavy atom. The molecule has 0 aliphatic heterocycles. The van der Waals surface area contributed by atoms with Crippen molar-refractivity contribution >= 4 is 28.6 Å². The van der Waals surface area contributed by atoms with Crippen molar-refractivity contribution in [1.29, 1.82) is 0 Å². The Balaban J connectivity index is 1.72. The van der Waals surface area contributed by atoms with Crippen molar-refractivity contribution in [3.8, 4) is 5.82 Å². The van der Waals surface area contributed by atoms with Gasteiger partial charge in [-0.15, -0.1) is 0 Å². The highest BCUT2D eigenvalue weighted by Gasteiger charge is 2.30. The standard InChI is InChI=1S/C20H18F3N5O2S/c1-12-16(11-25-28(12)17-9-4-13(10-24-17)20(21,22)23)18(29)26-14-5-7-15(8-6-14)31-19(30)27(2)3/h4-11H,1-3H3,(H,26,29). The molecule has 11 heteroatoms. The molecule has 0 unspecified atom stereocenters. The van der Waals surface area contributed by atoms with E-state index in [1.54, 1.807) is 45.3 Å². The predicted molar refractivity (Wildman–Crippen MR) is 110 cm³/mol. The Morgan fingerprint density at radius 1 is 1.06 bits per heavy atom. The highest BCUT2D eigenvalue weighted by molar-refractivity contribution is 8.13. The largest absolute Gasteiger partial charge is 0.417 e. The number of anilines is 1. The molecule has 0 spiro atoms. The first-order valence-corrected chi connectivity index (χ1v) is 9.76.